The fourth-order valence-electron chi connectivity index (χ4n) is 5.22. The van der Waals surface area contributed by atoms with Gasteiger partial charge in [-0.05, 0) is 60.8 Å². The molecule has 1 amide bonds. The van der Waals surface area contributed by atoms with Gasteiger partial charge in [-0.15, -0.1) is 0 Å². The van der Waals surface area contributed by atoms with Gasteiger partial charge in [-0.25, -0.2) is 22.2 Å². The van der Waals surface area contributed by atoms with Crippen molar-refractivity contribution in [2.45, 2.75) is 77.3 Å². The number of aliphatic hydroxyl groups is 1. The number of nitrogens with zero attached hydrogens (tertiary/aromatic N) is 2. The number of anilines is 2. The van der Waals surface area contributed by atoms with E-state index in [1.165, 1.54) is 19.2 Å². The lowest BCUT2D eigenvalue weighted by Crippen LogP contribution is -2.50. The van der Waals surface area contributed by atoms with Gasteiger partial charge in [-0.2, -0.15) is 0 Å². The fraction of sp³-hybridized carbons (Fsp3) is 0.500. The number of amides is 1. The molecule has 2 aromatic carbocycles. The molecule has 0 unspecified atom stereocenters. The standard InChI is InChI=1S/C36H49F2N5O5S/c1-22(2)49(46,47)43(7)34-14-25(13-33(42-34)40-19-26-11-23(26)3)35(45)41-31(21-48-30-16-28(37)15-29(38)17-30)32(44)20-39-18-24-9-8-10-27(12-24)36(4,5)6/h8-10,12-17,22-23,26,31-32,39,44H,11,18-21H2,1-7H3,(H,40,42)(H,41,45)/t23-,26+,31-,32+/m0/s1. The van der Waals surface area contributed by atoms with Gasteiger partial charge >= 0.3 is 0 Å². The first-order valence-corrected chi connectivity index (χ1v) is 18.1. The van der Waals surface area contributed by atoms with E-state index in [4.69, 9.17) is 4.74 Å². The molecule has 1 aromatic heterocycles. The van der Waals surface area contributed by atoms with E-state index in [1.54, 1.807) is 13.8 Å². The van der Waals surface area contributed by atoms with E-state index >= 15 is 0 Å². The predicted octanol–water partition coefficient (Wildman–Crippen LogP) is 5.23. The Morgan fingerprint density at radius 1 is 1.10 bits per heavy atom. The Morgan fingerprint density at radius 3 is 2.39 bits per heavy atom. The van der Waals surface area contributed by atoms with E-state index in [-0.39, 0.29) is 35.7 Å². The summed E-state index contributed by atoms with van der Waals surface area (Å²) in [5.41, 5.74) is 2.24. The Kier molecular flexibility index (Phi) is 12.3. The molecule has 3 aromatic rings. The molecule has 1 aliphatic carbocycles. The normalized spacial score (nSPS) is 17.4. The minimum atomic E-state index is -3.76. The van der Waals surface area contributed by atoms with Crippen molar-refractivity contribution >= 4 is 27.6 Å². The lowest BCUT2D eigenvalue weighted by molar-refractivity contribution is 0.0732. The number of sulfonamides is 1. The van der Waals surface area contributed by atoms with Gasteiger partial charge in [0.05, 0.1) is 17.4 Å². The van der Waals surface area contributed by atoms with Crippen molar-refractivity contribution in [1.82, 2.24) is 15.6 Å². The van der Waals surface area contributed by atoms with Gasteiger partial charge in [0.15, 0.2) is 0 Å². The number of hydrogen-bond donors (Lipinski definition) is 4. The molecule has 0 bridgehead atoms. The molecule has 4 rings (SSSR count). The van der Waals surface area contributed by atoms with Crippen LogP contribution in [0.3, 0.4) is 0 Å². The molecule has 0 saturated heterocycles. The van der Waals surface area contributed by atoms with Crippen molar-refractivity contribution in [2.75, 3.05) is 36.4 Å². The van der Waals surface area contributed by atoms with Crippen LogP contribution in [-0.4, -0.2) is 68.6 Å². The van der Waals surface area contributed by atoms with Crippen LogP contribution in [0.15, 0.2) is 54.6 Å². The van der Waals surface area contributed by atoms with Gasteiger partial charge in [-0.3, -0.25) is 9.10 Å². The van der Waals surface area contributed by atoms with Crippen LogP contribution >= 0.6 is 0 Å². The van der Waals surface area contributed by atoms with Crippen LogP contribution in [-0.2, 0) is 22.0 Å². The molecule has 0 aliphatic heterocycles. The Balaban J connectivity index is 1.56. The lowest BCUT2D eigenvalue weighted by Gasteiger charge is -2.26. The van der Waals surface area contributed by atoms with Crippen molar-refractivity contribution in [3.8, 4) is 5.75 Å². The third-order valence-corrected chi connectivity index (χ3v) is 10.9. The molecule has 49 heavy (non-hydrogen) atoms. The topological polar surface area (TPSA) is 133 Å². The van der Waals surface area contributed by atoms with E-state index in [0.29, 0.717) is 36.8 Å². The second-order valence-corrected chi connectivity index (χ2v) is 16.7. The van der Waals surface area contributed by atoms with Crippen LogP contribution in [0.2, 0.25) is 0 Å². The summed E-state index contributed by atoms with van der Waals surface area (Å²) in [5, 5.41) is 19.8. The molecule has 268 valence electrons. The number of aliphatic hydroxyl groups excluding tert-OH is 1. The average Bonchev–Trinajstić information content (AvgIpc) is 3.75. The molecule has 0 radical (unpaired) electrons. The largest absolute Gasteiger partial charge is 0.491 e. The summed E-state index contributed by atoms with van der Waals surface area (Å²) in [7, 11) is -2.38. The van der Waals surface area contributed by atoms with Gasteiger partial charge in [0.25, 0.3) is 5.91 Å². The molecular weight excluding hydrogens is 652 g/mol. The minimum Gasteiger partial charge on any atom is -0.491 e. The first-order valence-electron chi connectivity index (χ1n) is 16.6. The number of ether oxygens (including phenoxy) is 1. The molecule has 0 spiro atoms. The first kappa shape index (κ1) is 38.0. The number of aromatic nitrogens is 1. The first-order chi connectivity index (χ1) is 22.9. The molecule has 1 fully saturated rings. The molecular formula is C36H49F2N5O5S. The van der Waals surface area contributed by atoms with Crippen LogP contribution in [0.25, 0.3) is 0 Å². The summed E-state index contributed by atoms with van der Waals surface area (Å²) in [6.07, 6.45) is -0.126. The number of hydrogen-bond acceptors (Lipinski definition) is 8. The summed E-state index contributed by atoms with van der Waals surface area (Å²) >= 11 is 0. The number of nitrogens with one attached hydrogen (secondary N) is 3. The van der Waals surface area contributed by atoms with E-state index in [2.05, 4.69) is 60.8 Å². The maximum Gasteiger partial charge on any atom is 0.251 e. The van der Waals surface area contributed by atoms with Gasteiger partial charge in [0, 0.05) is 50.4 Å². The SMILES string of the molecule is CC(C)S(=O)(=O)N(C)c1cc(C(=O)N[C@@H](COc2cc(F)cc(F)c2)[C@H](O)CNCc2cccc(C(C)(C)C)c2)cc(NC[C@H]2C[C@@H]2C)n1. The summed E-state index contributed by atoms with van der Waals surface area (Å²) in [4.78, 5) is 18.3. The van der Waals surface area contributed by atoms with Crippen molar-refractivity contribution in [1.29, 1.82) is 0 Å². The Bertz CT molecular complexity index is 1700. The zero-order chi connectivity index (χ0) is 36.1. The predicted molar refractivity (Wildman–Crippen MR) is 188 cm³/mol. The number of halogens is 2. The third kappa shape index (κ3) is 10.6. The maximum atomic E-state index is 13.9. The van der Waals surface area contributed by atoms with E-state index in [9.17, 15) is 27.1 Å². The number of pyridine rings is 1. The molecule has 4 N–H and O–H groups in total. The second-order valence-electron chi connectivity index (χ2n) is 14.2. The number of rotatable bonds is 16. The molecule has 13 heteroatoms. The highest BCUT2D eigenvalue weighted by molar-refractivity contribution is 7.93. The van der Waals surface area contributed by atoms with E-state index < -0.39 is 45.0 Å². The summed E-state index contributed by atoms with van der Waals surface area (Å²) < 4.78 is 60.5. The summed E-state index contributed by atoms with van der Waals surface area (Å²) in [6.45, 7) is 12.4. The Morgan fingerprint density at radius 2 is 1.78 bits per heavy atom. The van der Waals surface area contributed by atoms with E-state index in [0.717, 1.165) is 34.0 Å². The second kappa shape index (κ2) is 15.8. The molecule has 1 heterocycles. The van der Waals surface area contributed by atoms with Crippen molar-refractivity contribution in [3.05, 3.63) is 82.9 Å². The Labute approximate surface area is 288 Å². The van der Waals surface area contributed by atoms with Crippen LogP contribution in [0.1, 0.15) is 69.4 Å². The monoisotopic (exact) mass is 701 g/mol. The highest BCUT2D eigenvalue weighted by atomic mass is 32.2. The molecule has 1 aliphatic rings. The summed E-state index contributed by atoms with van der Waals surface area (Å²) in [5.74, 6) is -1.01. The zero-order valence-electron chi connectivity index (χ0n) is 29.3. The number of carbonyl (C=O) groups excluding carboxylic acids is 1. The minimum absolute atomic E-state index is 0.0368. The van der Waals surface area contributed by atoms with E-state index in [1.807, 2.05) is 12.1 Å². The van der Waals surface area contributed by atoms with Gasteiger partial charge in [-0.1, -0.05) is 52.0 Å². The van der Waals surface area contributed by atoms with Crippen molar-refractivity contribution in [2.24, 2.45) is 11.8 Å². The smallest absolute Gasteiger partial charge is 0.251 e. The highest BCUT2D eigenvalue weighted by Gasteiger charge is 2.32. The molecule has 4 atom stereocenters. The summed E-state index contributed by atoms with van der Waals surface area (Å²) in [6, 6.07) is 12.7. The maximum absolute atomic E-state index is 13.9. The number of benzene rings is 2. The average molecular weight is 702 g/mol. The van der Waals surface area contributed by atoms with Crippen LogP contribution in [0.4, 0.5) is 20.4 Å². The quantitative estimate of drug-likeness (QED) is 0.160. The van der Waals surface area contributed by atoms with Crippen molar-refractivity contribution < 1.29 is 31.8 Å². The zero-order valence-corrected chi connectivity index (χ0v) is 30.1. The van der Waals surface area contributed by atoms with Gasteiger partial charge in [0.1, 0.15) is 35.6 Å². The lowest BCUT2D eigenvalue weighted by atomic mass is 9.86. The third-order valence-electron chi connectivity index (χ3n) is 8.72. The number of carbonyl (C=O) groups is 1. The molecule has 1 saturated carbocycles. The Hall–Kier alpha value is -3.81. The van der Waals surface area contributed by atoms with Crippen LogP contribution < -0.4 is 25.0 Å². The van der Waals surface area contributed by atoms with Crippen molar-refractivity contribution in [3.63, 3.8) is 0 Å². The van der Waals surface area contributed by atoms with Crippen LogP contribution in [0.5, 0.6) is 5.75 Å². The fourth-order valence-corrected chi connectivity index (χ4v) is 6.20. The van der Waals surface area contributed by atoms with Gasteiger partial charge < -0.3 is 25.8 Å². The molecule has 10 nitrogen and oxygen atoms in total. The van der Waals surface area contributed by atoms with Crippen LogP contribution in [0, 0.1) is 23.5 Å². The van der Waals surface area contributed by atoms with Gasteiger partial charge in [0.2, 0.25) is 10.0 Å². The highest BCUT2D eigenvalue weighted by Crippen LogP contribution is 2.37.